The van der Waals surface area contributed by atoms with Gasteiger partial charge in [0.15, 0.2) is 21.4 Å². The second kappa shape index (κ2) is 8.55. The van der Waals surface area contributed by atoms with Gasteiger partial charge in [-0.05, 0) is 54.3 Å². The maximum Gasteiger partial charge on any atom is 0.175 e. The maximum absolute atomic E-state index is 14.7. The van der Waals surface area contributed by atoms with E-state index < -0.39 is 15.7 Å². The molecule has 0 aliphatic heterocycles. The predicted octanol–water partition coefficient (Wildman–Crippen LogP) is 4.24. The fraction of sp³-hybridized carbons (Fsp3) is 0.364. The van der Waals surface area contributed by atoms with Gasteiger partial charge in [0.25, 0.3) is 0 Å². The minimum absolute atomic E-state index is 0.0637. The molecule has 7 heteroatoms. The van der Waals surface area contributed by atoms with Crippen molar-refractivity contribution in [3.05, 3.63) is 59.5 Å². The van der Waals surface area contributed by atoms with E-state index in [4.69, 9.17) is 10.5 Å². The SMILES string of the molecule is CCCn1cc(C(C)CN)c2c(OCc3ccc(S(C)(=O)=O)cc3)c(F)ccc21. The average Bonchev–Trinajstić information content (AvgIpc) is 3.05. The molecule has 29 heavy (non-hydrogen) atoms. The van der Waals surface area contributed by atoms with Gasteiger partial charge in [-0.15, -0.1) is 0 Å². The van der Waals surface area contributed by atoms with E-state index in [1.165, 1.54) is 18.2 Å². The lowest BCUT2D eigenvalue weighted by Crippen LogP contribution is -2.09. The molecule has 3 rings (SSSR count). The average molecular weight is 419 g/mol. The first kappa shape index (κ1) is 21.3. The molecule has 0 aliphatic rings. The lowest BCUT2D eigenvalue weighted by molar-refractivity contribution is 0.294. The predicted molar refractivity (Wildman–Crippen MR) is 114 cm³/mol. The number of fused-ring (bicyclic) bond motifs is 1. The number of rotatable bonds is 8. The van der Waals surface area contributed by atoms with Crippen molar-refractivity contribution in [1.82, 2.24) is 4.57 Å². The number of hydrogen-bond acceptors (Lipinski definition) is 4. The molecule has 0 amide bonds. The third-order valence-corrected chi connectivity index (χ3v) is 6.19. The Kier molecular flexibility index (Phi) is 6.29. The highest BCUT2D eigenvalue weighted by Crippen LogP contribution is 2.37. The second-order valence-corrected chi connectivity index (χ2v) is 9.41. The van der Waals surface area contributed by atoms with Gasteiger partial charge in [-0.2, -0.15) is 0 Å². The Labute approximate surface area is 171 Å². The summed E-state index contributed by atoms with van der Waals surface area (Å²) in [4.78, 5) is 0.241. The molecule has 1 heterocycles. The van der Waals surface area contributed by atoms with E-state index in [1.807, 2.05) is 13.1 Å². The second-order valence-electron chi connectivity index (χ2n) is 7.39. The number of ether oxygens (including phenoxy) is 1. The van der Waals surface area contributed by atoms with Crippen LogP contribution in [0, 0.1) is 5.82 Å². The molecule has 2 N–H and O–H groups in total. The third-order valence-electron chi connectivity index (χ3n) is 5.06. The van der Waals surface area contributed by atoms with Gasteiger partial charge in [0, 0.05) is 24.4 Å². The summed E-state index contributed by atoms with van der Waals surface area (Å²) in [6.45, 7) is 5.53. The molecule has 156 valence electrons. The summed E-state index contributed by atoms with van der Waals surface area (Å²) in [5.74, 6) is -0.154. The van der Waals surface area contributed by atoms with E-state index in [0.717, 1.165) is 41.3 Å². The van der Waals surface area contributed by atoms with Crippen molar-refractivity contribution in [3.8, 4) is 5.75 Å². The zero-order valence-corrected chi connectivity index (χ0v) is 17.8. The van der Waals surface area contributed by atoms with Crippen molar-refractivity contribution >= 4 is 20.7 Å². The van der Waals surface area contributed by atoms with Gasteiger partial charge in [0.2, 0.25) is 0 Å². The highest BCUT2D eigenvalue weighted by atomic mass is 32.2. The number of hydrogen-bond donors (Lipinski definition) is 1. The summed E-state index contributed by atoms with van der Waals surface area (Å²) in [6, 6.07) is 9.63. The van der Waals surface area contributed by atoms with Gasteiger partial charge in [-0.1, -0.05) is 26.0 Å². The molecule has 0 fully saturated rings. The topological polar surface area (TPSA) is 74.3 Å². The van der Waals surface area contributed by atoms with Crippen molar-refractivity contribution in [1.29, 1.82) is 0 Å². The maximum atomic E-state index is 14.7. The summed E-state index contributed by atoms with van der Waals surface area (Å²) >= 11 is 0. The van der Waals surface area contributed by atoms with Crippen molar-refractivity contribution in [2.75, 3.05) is 12.8 Å². The summed E-state index contributed by atoms with van der Waals surface area (Å²) in [7, 11) is -3.26. The molecule has 2 aromatic carbocycles. The van der Waals surface area contributed by atoms with Crippen LogP contribution in [0.2, 0.25) is 0 Å². The number of aryl methyl sites for hydroxylation is 1. The first-order chi connectivity index (χ1) is 13.8. The fourth-order valence-corrected chi connectivity index (χ4v) is 4.05. The molecule has 0 bridgehead atoms. The lowest BCUT2D eigenvalue weighted by Gasteiger charge is -2.13. The van der Waals surface area contributed by atoms with E-state index in [0.29, 0.717) is 6.54 Å². The van der Waals surface area contributed by atoms with Gasteiger partial charge in [0.05, 0.1) is 10.4 Å². The van der Waals surface area contributed by atoms with Crippen LogP contribution in [0.4, 0.5) is 4.39 Å². The molecular formula is C22H27FN2O3S. The van der Waals surface area contributed by atoms with Crippen LogP contribution in [-0.4, -0.2) is 25.8 Å². The van der Waals surface area contributed by atoms with Crippen LogP contribution < -0.4 is 10.5 Å². The Balaban J connectivity index is 1.99. The molecule has 0 spiro atoms. The normalized spacial score (nSPS) is 13.0. The molecule has 0 saturated heterocycles. The number of aromatic nitrogens is 1. The van der Waals surface area contributed by atoms with Crippen LogP contribution in [0.3, 0.4) is 0 Å². The van der Waals surface area contributed by atoms with Gasteiger partial charge in [0.1, 0.15) is 6.61 Å². The Morgan fingerprint density at radius 3 is 2.45 bits per heavy atom. The molecule has 1 aromatic heterocycles. The van der Waals surface area contributed by atoms with Crippen LogP contribution in [0.15, 0.2) is 47.5 Å². The monoisotopic (exact) mass is 418 g/mol. The van der Waals surface area contributed by atoms with Crippen molar-refractivity contribution < 1.29 is 17.5 Å². The molecule has 5 nitrogen and oxygen atoms in total. The summed E-state index contributed by atoms with van der Waals surface area (Å²) in [6.07, 6.45) is 4.16. The van der Waals surface area contributed by atoms with Crippen LogP contribution in [0.1, 0.15) is 37.3 Å². The first-order valence-corrected chi connectivity index (χ1v) is 11.6. The Morgan fingerprint density at radius 2 is 1.86 bits per heavy atom. The standard InChI is InChI=1S/C22H27FN2O3S/c1-4-11-25-13-18(15(2)12-24)21-20(25)10-9-19(23)22(21)28-14-16-5-7-17(8-6-16)29(3,26)27/h5-10,13,15H,4,11-12,14,24H2,1-3H3. The highest BCUT2D eigenvalue weighted by molar-refractivity contribution is 7.90. The number of sulfone groups is 1. The van der Waals surface area contributed by atoms with Crippen molar-refractivity contribution in [3.63, 3.8) is 0 Å². The molecule has 0 saturated carbocycles. The minimum Gasteiger partial charge on any atom is -0.485 e. The number of benzene rings is 2. The zero-order chi connectivity index (χ0) is 21.2. The van der Waals surface area contributed by atoms with E-state index in [-0.39, 0.29) is 23.2 Å². The lowest BCUT2D eigenvalue weighted by atomic mass is 10.00. The van der Waals surface area contributed by atoms with Gasteiger partial charge >= 0.3 is 0 Å². The molecule has 1 unspecified atom stereocenters. The molecule has 1 atom stereocenters. The Hall–Kier alpha value is -2.38. The van der Waals surface area contributed by atoms with Crippen molar-refractivity contribution in [2.24, 2.45) is 5.73 Å². The van der Waals surface area contributed by atoms with Gasteiger partial charge in [-0.25, -0.2) is 12.8 Å². The molecule has 0 radical (unpaired) electrons. The zero-order valence-electron chi connectivity index (χ0n) is 17.0. The number of nitrogens with two attached hydrogens (primary N) is 1. The van der Waals surface area contributed by atoms with Gasteiger partial charge < -0.3 is 15.0 Å². The summed E-state index contributed by atoms with van der Waals surface area (Å²) < 4.78 is 46.0. The third kappa shape index (κ3) is 4.46. The largest absolute Gasteiger partial charge is 0.485 e. The van der Waals surface area contributed by atoms with Gasteiger partial charge in [-0.3, -0.25) is 0 Å². The smallest absolute Gasteiger partial charge is 0.175 e. The molecular weight excluding hydrogens is 391 g/mol. The number of nitrogens with zero attached hydrogens (tertiary/aromatic N) is 1. The highest BCUT2D eigenvalue weighted by Gasteiger charge is 2.20. The van der Waals surface area contributed by atoms with Crippen LogP contribution in [0.5, 0.6) is 5.75 Å². The minimum atomic E-state index is -3.26. The molecule has 3 aromatic rings. The van der Waals surface area contributed by atoms with Crippen molar-refractivity contribution in [2.45, 2.75) is 44.2 Å². The van der Waals surface area contributed by atoms with E-state index in [9.17, 15) is 12.8 Å². The number of halogens is 1. The van der Waals surface area contributed by atoms with Crippen LogP contribution in [0.25, 0.3) is 10.9 Å². The Bertz CT molecular complexity index is 1110. The summed E-state index contributed by atoms with van der Waals surface area (Å²) in [5.41, 5.74) is 8.54. The fourth-order valence-electron chi connectivity index (χ4n) is 3.42. The summed E-state index contributed by atoms with van der Waals surface area (Å²) in [5, 5.41) is 0.754. The first-order valence-electron chi connectivity index (χ1n) is 9.69. The van der Waals surface area contributed by atoms with E-state index >= 15 is 0 Å². The molecule has 0 aliphatic carbocycles. The van der Waals surface area contributed by atoms with E-state index in [1.54, 1.807) is 18.2 Å². The Morgan fingerprint density at radius 1 is 1.17 bits per heavy atom. The quantitative estimate of drug-likeness (QED) is 0.594. The van der Waals surface area contributed by atoms with Crippen LogP contribution in [-0.2, 0) is 23.0 Å². The van der Waals surface area contributed by atoms with Crippen LogP contribution >= 0.6 is 0 Å². The van der Waals surface area contributed by atoms with E-state index in [2.05, 4.69) is 11.5 Å².